The normalized spacial score (nSPS) is 12.9. The molecule has 0 aliphatic carbocycles. The molecule has 0 spiro atoms. The van der Waals surface area contributed by atoms with Gasteiger partial charge in [-0.3, -0.25) is 9.55 Å². The van der Waals surface area contributed by atoms with Gasteiger partial charge >= 0.3 is 0 Å². The van der Waals surface area contributed by atoms with Crippen molar-refractivity contribution in [2.24, 2.45) is 7.05 Å². The summed E-state index contributed by atoms with van der Waals surface area (Å²) in [4.78, 5) is 8.54. The van der Waals surface area contributed by atoms with E-state index in [2.05, 4.69) is 39.8 Å². The van der Waals surface area contributed by atoms with Crippen LogP contribution in [0.15, 0.2) is 53.5 Å². The van der Waals surface area contributed by atoms with Crippen LogP contribution in [0.4, 0.5) is 10.3 Å². The third-order valence-corrected chi connectivity index (χ3v) is 11.2. The Morgan fingerprint density at radius 1 is 1.07 bits per heavy atom. The van der Waals surface area contributed by atoms with E-state index in [1.54, 1.807) is 53.4 Å². The van der Waals surface area contributed by atoms with Gasteiger partial charge in [0.25, 0.3) is 0 Å². The predicted molar refractivity (Wildman–Crippen MR) is 168 cm³/mol. The maximum atomic E-state index is 14.6. The Balaban J connectivity index is 1.68. The van der Waals surface area contributed by atoms with Crippen molar-refractivity contribution >= 4 is 35.1 Å². The molecule has 0 aliphatic heterocycles. The lowest BCUT2D eigenvalue weighted by atomic mass is 10.2. The molecule has 0 aliphatic rings. The topological polar surface area (TPSA) is 130 Å². The first-order valence-electron chi connectivity index (χ1n) is 14.0. The van der Waals surface area contributed by atoms with Gasteiger partial charge in [-0.05, 0) is 37.2 Å². The minimum Gasteiger partial charge on any atom is -0.494 e. The molecule has 1 aromatic carbocycles. The number of sulfonamides is 1. The maximum Gasteiger partial charge on any atom is 0.246 e. The average Bonchev–Trinajstić information content (AvgIpc) is 3.74. The molecule has 15 heteroatoms. The highest BCUT2D eigenvalue weighted by molar-refractivity contribution is 7.93. The van der Waals surface area contributed by atoms with E-state index in [4.69, 9.17) is 13.9 Å². The number of halogens is 1. The lowest BCUT2D eigenvalue weighted by Crippen LogP contribution is -2.42. The van der Waals surface area contributed by atoms with Crippen LogP contribution in [0, 0.1) is 5.82 Å². The monoisotopic (exact) mass is 641 g/mol. The fraction of sp³-hybridized carbons (Fsp3) is 0.379. The molecule has 5 aromatic rings. The second kappa shape index (κ2) is 12.0. The van der Waals surface area contributed by atoms with E-state index < -0.39 is 29.2 Å². The second-order valence-corrected chi connectivity index (χ2v) is 19.6. The van der Waals surface area contributed by atoms with Crippen molar-refractivity contribution < 1.29 is 26.7 Å². The molecule has 0 radical (unpaired) electrons. The van der Waals surface area contributed by atoms with Crippen LogP contribution in [0.1, 0.15) is 12.6 Å². The molecule has 1 unspecified atom stereocenters. The lowest BCUT2D eigenvalue weighted by Gasteiger charge is -2.29. The minimum absolute atomic E-state index is 0.00324. The summed E-state index contributed by atoms with van der Waals surface area (Å²) >= 11 is 0. The van der Waals surface area contributed by atoms with E-state index >= 15 is 0 Å². The Morgan fingerprint density at radius 3 is 2.39 bits per heavy atom. The van der Waals surface area contributed by atoms with Crippen LogP contribution < -0.4 is 13.8 Å². The highest BCUT2D eigenvalue weighted by atomic mass is 32.2. The number of methoxy groups -OCH3 is 2. The van der Waals surface area contributed by atoms with Gasteiger partial charge in [0, 0.05) is 28.1 Å². The summed E-state index contributed by atoms with van der Waals surface area (Å²) in [6.45, 7) is 8.28. The number of nitrogens with zero attached hydrogens (tertiary/aromatic N) is 7. The van der Waals surface area contributed by atoms with Crippen molar-refractivity contribution in [3.05, 3.63) is 60.6 Å². The standard InChI is InChI=1S/C29H36FN7O5SSi/c1-19(16-21-25-26(20(30)17-31-21)35(2)18-32-25)43(38,39)36(13-15-44(5,6)7)29-34-33-28(24-12-9-14-42-24)37(29)27-22(40-3)10-8-11-23(27)41-4/h8-12,14,17-19H,13,15-16H2,1-7H3. The lowest BCUT2D eigenvalue weighted by molar-refractivity contribution is 0.391. The van der Waals surface area contributed by atoms with Gasteiger partial charge in [-0.15, -0.1) is 10.2 Å². The zero-order valence-corrected chi connectivity index (χ0v) is 27.6. The molecule has 234 valence electrons. The molecular weight excluding hydrogens is 606 g/mol. The summed E-state index contributed by atoms with van der Waals surface area (Å²) in [6.07, 6.45) is 4.08. The number of benzene rings is 1. The van der Waals surface area contributed by atoms with Gasteiger partial charge in [-0.25, -0.2) is 22.1 Å². The quantitative estimate of drug-likeness (QED) is 0.171. The first-order valence-corrected chi connectivity index (χ1v) is 19.2. The smallest absolute Gasteiger partial charge is 0.246 e. The van der Waals surface area contributed by atoms with Crippen LogP contribution in [-0.2, 0) is 23.5 Å². The van der Waals surface area contributed by atoms with Gasteiger partial charge in [0.15, 0.2) is 11.6 Å². The Morgan fingerprint density at radius 2 is 1.77 bits per heavy atom. The van der Waals surface area contributed by atoms with Crippen molar-refractivity contribution in [3.63, 3.8) is 0 Å². The maximum absolute atomic E-state index is 14.6. The molecule has 0 saturated carbocycles. The van der Waals surface area contributed by atoms with E-state index in [9.17, 15) is 12.8 Å². The predicted octanol–water partition coefficient (Wildman–Crippen LogP) is 5.07. The average molecular weight is 642 g/mol. The molecule has 0 saturated heterocycles. The van der Waals surface area contributed by atoms with Crippen molar-refractivity contribution in [2.75, 3.05) is 25.1 Å². The summed E-state index contributed by atoms with van der Waals surface area (Å²) < 4.78 is 65.3. The van der Waals surface area contributed by atoms with Crippen LogP contribution in [0.25, 0.3) is 28.3 Å². The van der Waals surface area contributed by atoms with E-state index in [1.165, 1.54) is 31.1 Å². The van der Waals surface area contributed by atoms with Gasteiger partial charge in [0.05, 0.1) is 44.0 Å². The SMILES string of the molecule is COc1cccc(OC)c1-n1c(-c2ccco2)nnc1N(CC[Si](C)(C)C)S(=O)(=O)C(C)Cc1ncc(F)c2c1ncn2C. The zero-order chi connectivity index (χ0) is 31.8. The third-order valence-electron chi connectivity index (χ3n) is 7.37. The van der Waals surface area contributed by atoms with Crippen LogP contribution in [0.2, 0.25) is 25.7 Å². The summed E-state index contributed by atoms with van der Waals surface area (Å²) in [6, 6.07) is 9.33. The molecule has 44 heavy (non-hydrogen) atoms. The van der Waals surface area contributed by atoms with Gasteiger partial charge in [0.2, 0.25) is 21.8 Å². The number of imidazole rings is 1. The summed E-state index contributed by atoms with van der Waals surface area (Å²) in [5.41, 5.74) is 1.39. The summed E-state index contributed by atoms with van der Waals surface area (Å²) in [5.74, 6) is 1.01. The van der Waals surface area contributed by atoms with E-state index in [-0.39, 0.29) is 30.3 Å². The van der Waals surface area contributed by atoms with Gasteiger partial charge in [0.1, 0.15) is 28.2 Å². The second-order valence-electron chi connectivity index (χ2n) is 11.7. The van der Waals surface area contributed by atoms with Gasteiger partial charge in [-0.2, -0.15) is 0 Å². The molecule has 12 nitrogen and oxygen atoms in total. The molecule has 0 fully saturated rings. The molecule has 4 aromatic heterocycles. The van der Waals surface area contributed by atoms with Crippen molar-refractivity contribution in [2.45, 2.75) is 44.3 Å². The van der Waals surface area contributed by atoms with Crippen LogP contribution in [0.5, 0.6) is 11.5 Å². The van der Waals surface area contributed by atoms with Crippen LogP contribution >= 0.6 is 0 Å². The first-order chi connectivity index (χ1) is 20.9. The number of pyridine rings is 1. The first kappa shape index (κ1) is 31.2. The summed E-state index contributed by atoms with van der Waals surface area (Å²) in [7, 11) is -1.16. The van der Waals surface area contributed by atoms with E-state index in [1.807, 2.05) is 0 Å². The highest BCUT2D eigenvalue weighted by Crippen LogP contribution is 2.39. The van der Waals surface area contributed by atoms with E-state index in [0.29, 0.717) is 40.2 Å². The number of hydrogen-bond donors (Lipinski definition) is 0. The van der Waals surface area contributed by atoms with Crippen LogP contribution in [0.3, 0.4) is 0 Å². The third kappa shape index (κ3) is 5.80. The number of fused-ring (bicyclic) bond motifs is 1. The van der Waals surface area contributed by atoms with Crippen molar-refractivity contribution in [1.82, 2.24) is 29.3 Å². The minimum atomic E-state index is -4.12. The molecule has 1 atom stereocenters. The van der Waals surface area contributed by atoms with E-state index in [0.717, 1.165) is 6.20 Å². The molecule has 0 N–H and O–H groups in total. The molecule has 5 rings (SSSR count). The number of aryl methyl sites for hydroxylation is 1. The fourth-order valence-corrected chi connectivity index (χ4v) is 7.51. The Hall–Kier alpha value is -4.24. The zero-order valence-electron chi connectivity index (χ0n) is 25.8. The molecule has 0 amide bonds. The number of anilines is 1. The summed E-state index contributed by atoms with van der Waals surface area (Å²) in [5, 5.41) is 7.87. The fourth-order valence-electron chi connectivity index (χ4n) is 4.96. The Kier molecular flexibility index (Phi) is 8.53. The Bertz CT molecular complexity index is 1860. The number of rotatable bonds is 12. The number of ether oxygens (including phenoxy) is 2. The Labute approximate surface area is 256 Å². The molecule has 0 bridgehead atoms. The van der Waals surface area contributed by atoms with Gasteiger partial charge < -0.3 is 18.5 Å². The highest BCUT2D eigenvalue weighted by Gasteiger charge is 2.37. The number of aromatic nitrogens is 6. The molecule has 4 heterocycles. The van der Waals surface area contributed by atoms with Crippen LogP contribution in [-0.4, -0.2) is 71.8 Å². The van der Waals surface area contributed by atoms with Crippen molar-refractivity contribution in [3.8, 4) is 28.8 Å². The van der Waals surface area contributed by atoms with Gasteiger partial charge in [-0.1, -0.05) is 25.7 Å². The number of hydrogen-bond acceptors (Lipinski definition) is 9. The largest absolute Gasteiger partial charge is 0.494 e. The number of furan rings is 1. The number of para-hydroxylation sites is 1. The molecular formula is C29H36FN7O5SSi. The van der Waals surface area contributed by atoms with Crippen molar-refractivity contribution in [1.29, 1.82) is 0 Å².